The number of carbonyl (C=O) groups is 1. The molecule has 0 N–H and O–H groups in total. The normalized spacial score (nSPS) is 11.8. The van der Waals surface area contributed by atoms with Crippen LogP contribution >= 0.6 is 12.4 Å². The van der Waals surface area contributed by atoms with Gasteiger partial charge in [-0.25, -0.2) is 4.79 Å². The van der Waals surface area contributed by atoms with Gasteiger partial charge >= 0.3 is 5.97 Å². The van der Waals surface area contributed by atoms with Crippen LogP contribution in [-0.2, 0) is 9.53 Å². The van der Waals surface area contributed by atoms with E-state index in [1.807, 2.05) is 25.9 Å². The molecule has 0 aliphatic carbocycles. The Hall–Kier alpha value is -0.540. The van der Waals surface area contributed by atoms with E-state index in [2.05, 4.69) is 6.58 Å². The Labute approximate surface area is 86.2 Å². The van der Waals surface area contributed by atoms with E-state index in [0.29, 0.717) is 12.2 Å². The highest BCUT2D eigenvalue weighted by molar-refractivity contribution is 5.86. The minimum Gasteiger partial charge on any atom is -0.461 e. The van der Waals surface area contributed by atoms with Crippen molar-refractivity contribution >= 4 is 18.4 Å². The van der Waals surface area contributed by atoms with Crippen LogP contribution in [0.4, 0.5) is 0 Å². The van der Waals surface area contributed by atoms with E-state index in [9.17, 15) is 4.79 Å². The fraction of sp³-hybridized carbons (Fsp3) is 0.667. The number of esters is 1. The summed E-state index contributed by atoms with van der Waals surface area (Å²) in [6.45, 7) is 7.54. The van der Waals surface area contributed by atoms with Crippen LogP contribution in [0.25, 0.3) is 0 Å². The summed E-state index contributed by atoms with van der Waals surface area (Å²) in [5.41, 5.74) is 0.445. The molecule has 0 aliphatic rings. The molecule has 0 saturated carbocycles. The zero-order chi connectivity index (χ0) is 9.72. The summed E-state index contributed by atoms with van der Waals surface area (Å²) in [4.78, 5) is 12.9. The van der Waals surface area contributed by atoms with Gasteiger partial charge in [-0.15, -0.1) is 12.4 Å². The molecule has 13 heavy (non-hydrogen) atoms. The highest BCUT2D eigenvalue weighted by Gasteiger charge is 2.08. The number of nitrogens with zero attached hydrogens (tertiary/aromatic N) is 1. The number of hydrogen-bond donors (Lipinski definition) is 0. The van der Waals surface area contributed by atoms with Gasteiger partial charge in [-0.3, -0.25) is 0 Å². The lowest BCUT2D eigenvalue weighted by atomic mass is 10.3. The Kier molecular flexibility index (Phi) is 7.96. The topological polar surface area (TPSA) is 29.5 Å². The van der Waals surface area contributed by atoms with E-state index in [1.165, 1.54) is 0 Å². The van der Waals surface area contributed by atoms with Crippen LogP contribution in [0.15, 0.2) is 12.2 Å². The number of rotatable bonds is 4. The minimum absolute atomic E-state index is 0. The van der Waals surface area contributed by atoms with E-state index >= 15 is 0 Å². The molecule has 1 atom stereocenters. The van der Waals surface area contributed by atoms with Gasteiger partial charge in [0, 0.05) is 11.6 Å². The van der Waals surface area contributed by atoms with Gasteiger partial charge in [-0.05, 0) is 27.9 Å². The maximum atomic E-state index is 10.9. The Morgan fingerprint density at radius 2 is 2.00 bits per heavy atom. The van der Waals surface area contributed by atoms with E-state index < -0.39 is 0 Å². The van der Waals surface area contributed by atoms with Crippen LogP contribution in [-0.4, -0.2) is 37.6 Å². The molecule has 0 aromatic rings. The Morgan fingerprint density at radius 1 is 1.54 bits per heavy atom. The minimum atomic E-state index is -0.316. The van der Waals surface area contributed by atoms with Gasteiger partial charge in [0.25, 0.3) is 0 Å². The largest absolute Gasteiger partial charge is 0.461 e. The fourth-order valence-electron chi connectivity index (χ4n) is 0.469. The average Bonchev–Trinajstić information content (AvgIpc) is 1.98. The molecule has 0 aromatic heterocycles. The maximum absolute atomic E-state index is 10.9. The summed E-state index contributed by atoms with van der Waals surface area (Å²) in [7, 11) is 3.89. The van der Waals surface area contributed by atoms with E-state index in [0.717, 1.165) is 0 Å². The summed E-state index contributed by atoms with van der Waals surface area (Å²) in [5, 5.41) is 0. The molecule has 0 bridgehead atoms. The molecular weight excluding hydrogens is 190 g/mol. The predicted octanol–water partition coefficient (Wildman–Crippen LogP) is 1.48. The second kappa shape index (κ2) is 6.92. The molecule has 0 aromatic carbocycles. The molecule has 1 unspecified atom stereocenters. The molecule has 3 nitrogen and oxygen atoms in total. The van der Waals surface area contributed by atoms with Gasteiger partial charge in [0.1, 0.15) is 6.61 Å². The van der Waals surface area contributed by atoms with Crippen LogP contribution in [0, 0.1) is 0 Å². The summed E-state index contributed by atoms with van der Waals surface area (Å²) >= 11 is 0. The molecular formula is C9H18ClNO2. The van der Waals surface area contributed by atoms with Crippen LogP contribution in [0.5, 0.6) is 0 Å². The van der Waals surface area contributed by atoms with E-state index in [1.54, 1.807) is 6.92 Å². The van der Waals surface area contributed by atoms with Crippen molar-refractivity contribution in [2.45, 2.75) is 19.9 Å². The maximum Gasteiger partial charge on any atom is 0.333 e. The van der Waals surface area contributed by atoms with Crippen molar-refractivity contribution in [1.82, 2.24) is 4.90 Å². The van der Waals surface area contributed by atoms with Crippen molar-refractivity contribution in [3.05, 3.63) is 12.2 Å². The third-order valence-corrected chi connectivity index (χ3v) is 1.69. The van der Waals surface area contributed by atoms with E-state index in [-0.39, 0.29) is 24.4 Å². The first-order valence-electron chi connectivity index (χ1n) is 3.94. The summed E-state index contributed by atoms with van der Waals surface area (Å²) in [5.74, 6) is -0.316. The lowest BCUT2D eigenvalue weighted by molar-refractivity contribution is -0.140. The average molecular weight is 208 g/mol. The van der Waals surface area contributed by atoms with Crippen molar-refractivity contribution in [3.63, 3.8) is 0 Å². The number of hydrogen-bond acceptors (Lipinski definition) is 3. The Balaban J connectivity index is 0. The Morgan fingerprint density at radius 3 is 2.31 bits per heavy atom. The molecule has 0 spiro atoms. The number of likely N-dealkylation sites (N-methyl/N-ethyl adjacent to an activating group) is 1. The summed E-state index contributed by atoms with van der Waals surface area (Å²) in [6.07, 6.45) is 0. The smallest absolute Gasteiger partial charge is 0.333 e. The van der Waals surface area contributed by atoms with Gasteiger partial charge in [-0.2, -0.15) is 0 Å². The van der Waals surface area contributed by atoms with Crippen LogP contribution in [0.1, 0.15) is 13.8 Å². The third kappa shape index (κ3) is 6.61. The van der Waals surface area contributed by atoms with E-state index in [4.69, 9.17) is 4.74 Å². The van der Waals surface area contributed by atoms with Crippen molar-refractivity contribution < 1.29 is 9.53 Å². The quantitative estimate of drug-likeness (QED) is 0.517. The van der Waals surface area contributed by atoms with Crippen LogP contribution < -0.4 is 0 Å². The van der Waals surface area contributed by atoms with Gasteiger partial charge in [0.2, 0.25) is 0 Å². The summed E-state index contributed by atoms with van der Waals surface area (Å²) in [6, 6.07) is 0.244. The highest BCUT2D eigenvalue weighted by Crippen LogP contribution is 1.96. The predicted molar refractivity (Wildman–Crippen MR) is 56.2 cm³/mol. The van der Waals surface area contributed by atoms with Crippen LogP contribution in [0.3, 0.4) is 0 Å². The van der Waals surface area contributed by atoms with Gasteiger partial charge in [-0.1, -0.05) is 6.58 Å². The molecule has 0 aliphatic heterocycles. The molecule has 0 fully saturated rings. The molecule has 0 radical (unpaired) electrons. The SMILES string of the molecule is C=C(C)C(=O)OCC(C)N(C)C.Cl. The molecule has 4 heteroatoms. The molecule has 0 amide bonds. The summed E-state index contributed by atoms with van der Waals surface area (Å²) < 4.78 is 4.95. The van der Waals surface area contributed by atoms with Crippen molar-refractivity contribution in [2.75, 3.05) is 20.7 Å². The van der Waals surface area contributed by atoms with Crippen molar-refractivity contribution in [1.29, 1.82) is 0 Å². The monoisotopic (exact) mass is 207 g/mol. The fourth-order valence-corrected chi connectivity index (χ4v) is 0.469. The van der Waals surface area contributed by atoms with Crippen molar-refractivity contribution in [3.8, 4) is 0 Å². The number of carbonyl (C=O) groups excluding carboxylic acids is 1. The van der Waals surface area contributed by atoms with Crippen LogP contribution in [0.2, 0.25) is 0 Å². The third-order valence-electron chi connectivity index (χ3n) is 1.69. The number of halogens is 1. The molecule has 0 heterocycles. The molecule has 78 valence electrons. The first-order valence-corrected chi connectivity index (χ1v) is 3.94. The zero-order valence-corrected chi connectivity index (χ0v) is 9.48. The lowest BCUT2D eigenvalue weighted by Crippen LogP contribution is -2.30. The lowest BCUT2D eigenvalue weighted by Gasteiger charge is -2.19. The Bertz CT molecular complexity index is 180. The number of ether oxygens (including phenoxy) is 1. The zero-order valence-electron chi connectivity index (χ0n) is 8.66. The first-order chi connectivity index (χ1) is 5.45. The van der Waals surface area contributed by atoms with Gasteiger partial charge in [0.05, 0.1) is 0 Å². The highest BCUT2D eigenvalue weighted by atomic mass is 35.5. The van der Waals surface area contributed by atoms with Gasteiger partial charge in [0.15, 0.2) is 0 Å². The first kappa shape index (κ1) is 15.0. The van der Waals surface area contributed by atoms with Gasteiger partial charge < -0.3 is 9.64 Å². The molecule has 0 rings (SSSR count). The second-order valence-corrected chi connectivity index (χ2v) is 3.19. The standard InChI is InChI=1S/C9H17NO2.ClH/c1-7(2)9(11)12-6-8(3)10(4)5;/h8H,1,6H2,2-5H3;1H. The van der Waals surface area contributed by atoms with Crippen molar-refractivity contribution in [2.24, 2.45) is 0 Å². The second-order valence-electron chi connectivity index (χ2n) is 3.19. The molecule has 0 saturated heterocycles.